The quantitative estimate of drug-likeness (QED) is 0.466. The van der Waals surface area contributed by atoms with E-state index in [0.29, 0.717) is 36.3 Å². The SMILES string of the molecule is CCC(C)N(CCc1nc(-c2ccc(Cl)cc2)no1)C(=O)COCc1ccccc1. The predicted octanol–water partition coefficient (Wildman–Crippen LogP) is 4.78. The van der Waals surface area contributed by atoms with Crippen molar-refractivity contribution >= 4 is 17.5 Å². The average molecular weight is 428 g/mol. The lowest BCUT2D eigenvalue weighted by Crippen LogP contribution is -2.41. The number of carbonyl (C=O) groups is 1. The van der Waals surface area contributed by atoms with Gasteiger partial charge in [-0.3, -0.25) is 4.79 Å². The van der Waals surface area contributed by atoms with E-state index >= 15 is 0 Å². The zero-order chi connectivity index (χ0) is 21.3. The Kier molecular flexibility index (Phi) is 7.99. The third-order valence-corrected chi connectivity index (χ3v) is 5.17. The Morgan fingerprint density at radius 2 is 1.90 bits per heavy atom. The van der Waals surface area contributed by atoms with E-state index in [1.165, 1.54) is 0 Å². The van der Waals surface area contributed by atoms with E-state index in [9.17, 15) is 4.79 Å². The van der Waals surface area contributed by atoms with Gasteiger partial charge in [-0.15, -0.1) is 0 Å². The fourth-order valence-corrected chi connectivity index (χ4v) is 3.14. The smallest absolute Gasteiger partial charge is 0.248 e. The van der Waals surface area contributed by atoms with Crippen LogP contribution in [0.15, 0.2) is 59.1 Å². The van der Waals surface area contributed by atoms with Crippen LogP contribution in [0.4, 0.5) is 0 Å². The minimum absolute atomic E-state index is 0.0408. The molecule has 3 aromatic rings. The van der Waals surface area contributed by atoms with Crippen molar-refractivity contribution in [3.05, 3.63) is 71.1 Å². The lowest BCUT2D eigenvalue weighted by atomic mass is 10.2. The molecular formula is C23H26ClN3O3. The summed E-state index contributed by atoms with van der Waals surface area (Å²) in [7, 11) is 0. The van der Waals surface area contributed by atoms with Crippen LogP contribution in [0.3, 0.4) is 0 Å². The van der Waals surface area contributed by atoms with Crippen molar-refractivity contribution in [3.63, 3.8) is 0 Å². The largest absolute Gasteiger partial charge is 0.367 e. The highest BCUT2D eigenvalue weighted by molar-refractivity contribution is 6.30. The standard InChI is InChI=1S/C23H26ClN3O3/c1-3-17(2)27(22(28)16-29-15-18-7-5-4-6-8-18)14-13-21-25-23(26-30-21)19-9-11-20(24)12-10-19/h4-12,17H,3,13-16H2,1-2H3. The Labute approximate surface area is 181 Å². The zero-order valence-electron chi connectivity index (χ0n) is 17.3. The molecule has 6 nitrogen and oxygen atoms in total. The van der Waals surface area contributed by atoms with E-state index < -0.39 is 0 Å². The number of ether oxygens (including phenoxy) is 1. The number of nitrogens with zero attached hydrogens (tertiary/aromatic N) is 3. The second-order valence-electron chi connectivity index (χ2n) is 7.09. The summed E-state index contributed by atoms with van der Waals surface area (Å²) in [5, 5.41) is 4.68. The van der Waals surface area contributed by atoms with Gasteiger partial charge in [0.25, 0.3) is 0 Å². The van der Waals surface area contributed by atoms with Crippen LogP contribution in [0.25, 0.3) is 11.4 Å². The molecule has 30 heavy (non-hydrogen) atoms. The molecule has 0 spiro atoms. The summed E-state index contributed by atoms with van der Waals surface area (Å²) in [5.41, 5.74) is 1.87. The Hall–Kier alpha value is -2.70. The summed E-state index contributed by atoms with van der Waals surface area (Å²) in [5.74, 6) is 0.957. The van der Waals surface area contributed by atoms with Crippen LogP contribution in [0, 0.1) is 0 Å². The molecule has 0 aliphatic heterocycles. The second-order valence-corrected chi connectivity index (χ2v) is 7.53. The molecule has 1 atom stereocenters. The first-order valence-electron chi connectivity index (χ1n) is 10.1. The summed E-state index contributed by atoms with van der Waals surface area (Å²) in [6.07, 6.45) is 1.33. The molecule has 0 radical (unpaired) electrons. The van der Waals surface area contributed by atoms with Crippen LogP contribution in [0.5, 0.6) is 0 Å². The number of carbonyl (C=O) groups excluding carboxylic acids is 1. The minimum atomic E-state index is -0.0438. The van der Waals surface area contributed by atoms with E-state index in [2.05, 4.69) is 17.1 Å². The Bertz CT molecular complexity index is 928. The molecule has 1 unspecified atom stereocenters. The van der Waals surface area contributed by atoms with E-state index in [1.807, 2.05) is 54.3 Å². The number of aromatic nitrogens is 2. The van der Waals surface area contributed by atoms with Gasteiger partial charge in [0.15, 0.2) is 0 Å². The molecule has 158 valence electrons. The Morgan fingerprint density at radius 3 is 2.60 bits per heavy atom. The van der Waals surface area contributed by atoms with Crippen LogP contribution in [-0.2, 0) is 22.6 Å². The number of hydrogen-bond acceptors (Lipinski definition) is 5. The van der Waals surface area contributed by atoms with Crippen molar-refractivity contribution in [1.82, 2.24) is 15.0 Å². The molecular weight excluding hydrogens is 402 g/mol. The highest BCUT2D eigenvalue weighted by Crippen LogP contribution is 2.19. The maximum atomic E-state index is 12.7. The van der Waals surface area contributed by atoms with Crippen LogP contribution in [0.1, 0.15) is 31.7 Å². The number of halogens is 1. The molecule has 0 saturated carbocycles. The summed E-state index contributed by atoms with van der Waals surface area (Å²) in [4.78, 5) is 19.0. The number of rotatable bonds is 10. The Balaban J connectivity index is 1.55. The van der Waals surface area contributed by atoms with E-state index in [1.54, 1.807) is 12.1 Å². The van der Waals surface area contributed by atoms with Gasteiger partial charge in [-0.05, 0) is 43.2 Å². The van der Waals surface area contributed by atoms with Crippen LogP contribution < -0.4 is 0 Å². The van der Waals surface area contributed by atoms with Gasteiger partial charge in [0.1, 0.15) is 6.61 Å². The summed E-state index contributed by atoms with van der Waals surface area (Å²) >= 11 is 5.92. The number of benzene rings is 2. The van der Waals surface area contributed by atoms with Gasteiger partial charge in [0.2, 0.25) is 17.6 Å². The number of amides is 1. The van der Waals surface area contributed by atoms with Crippen molar-refractivity contribution < 1.29 is 14.1 Å². The van der Waals surface area contributed by atoms with Crippen molar-refractivity contribution in [1.29, 1.82) is 0 Å². The molecule has 1 heterocycles. The highest BCUT2D eigenvalue weighted by atomic mass is 35.5. The van der Waals surface area contributed by atoms with Crippen molar-refractivity contribution in [3.8, 4) is 11.4 Å². The van der Waals surface area contributed by atoms with E-state index in [4.69, 9.17) is 20.9 Å². The van der Waals surface area contributed by atoms with Crippen LogP contribution >= 0.6 is 11.6 Å². The second kappa shape index (κ2) is 10.9. The molecule has 3 rings (SSSR count). The van der Waals surface area contributed by atoms with Crippen molar-refractivity contribution in [2.45, 2.75) is 39.3 Å². The molecule has 1 aromatic heterocycles. The first-order valence-corrected chi connectivity index (χ1v) is 10.4. The fourth-order valence-electron chi connectivity index (χ4n) is 3.01. The van der Waals surface area contributed by atoms with Gasteiger partial charge in [0.05, 0.1) is 6.61 Å². The third-order valence-electron chi connectivity index (χ3n) is 4.92. The molecule has 0 fully saturated rings. The maximum Gasteiger partial charge on any atom is 0.248 e. The molecule has 7 heteroatoms. The van der Waals surface area contributed by atoms with Gasteiger partial charge in [-0.1, -0.05) is 54.0 Å². The zero-order valence-corrected chi connectivity index (χ0v) is 18.0. The summed E-state index contributed by atoms with van der Waals surface area (Å²) < 4.78 is 11.0. The first kappa shape index (κ1) is 22.0. The average Bonchev–Trinajstić information content (AvgIpc) is 3.24. The molecule has 0 aliphatic carbocycles. The molecule has 1 amide bonds. The lowest BCUT2D eigenvalue weighted by Gasteiger charge is -2.28. The molecule has 0 bridgehead atoms. The van der Waals surface area contributed by atoms with Gasteiger partial charge in [-0.2, -0.15) is 4.98 Å². The van der Waals surface area contributed by atoms with Crippen molar-refractivity contribution in [2.75, 3.05) is 13.2 Å². The van der Waals surface area contributed by atoms with Gasteiger partial charge in [-0.25, -0.2) is 0 Å². The topological polar surface area (TPSA) is 68.5 Å². The van der Waals surface area contributed by atoms with Crippen LogP contribution in [0.2, 0.25) is 5.02 Å². The lowest BCUT2D eigenvalue weighted by molar-refractivity contribution is -0.138. The predicted molar refractivity (Wildman–Crippen MR) is 116 cm³/mol. The minimum Gasteiger partial charge on any atom is -0.367 e. The molecule has 0 N–H and O–H groups in total. The van der Waals surface area contributed by atoms with Crippen molar-refractivity contribution in [2.24, 2.45) is 0 Å². The number of hydrogen-bond donors (Lipinski definition) is 0. The maximum absolute atomic E-state index is 12.7. The van der Waals surface area contributed by atoms with Gasteiger partial charge in [0, 0.05) is 29.6 Å². The molecule has 2 aromatic carbocycles. The normalized spacial score (nSPS) is 12.0. The van der Waals surface area contributed by atoms with Gasteiger partial charge < -0.3 is 14.2 Å². The fraction of sp³-hybridized carbons (Fsp3) is 0.348. The van der Waals surface area contributed by atoms with E-state index in [-0.39, 0.29) is 18.6 Å². The Morgan fingerprint density at radius 1 is 1.17 bits per heavy atom. The first-order chi connectivity index (χ1) is 14.6. The highest BCUT2D eigenvalue weighted by Gasteiger charge is 2.20. The third kappa shape index (κ3) is 6.15. The molecule has 0 saturated heterocycles. The van der Waals surface area contributed by atoms with E-state index in [0.717, 1.165) is 17.5 Å². The monoisotopic (exact) mass is 427 g/mol. The van der Waals surface area contributed by atoms with Crippen LogP contribution in [-0.4, -0.2) is 40.1 Å². The van der Waals surface area contributed by atoms with Gasteiger partial charge >= 0.3 is 0 Å². The summed E-state index contributed by atoms with van der Waals surface area (Å²) in [6, 6.07) is 17.2. The molecule has 0 aliphatic rings. The summed E-state index contributed by atoms with van der Waals surface area (Å²) in [6.45, 7) is 5.03.